The Balaban J connectivity index is 2.17. The van der Waals surface area contributed by atoms with Gasteiger partial charge in [0.1, 0.15) is 18.0 Å². The molecule has 2 aromatic carbocycles. The molecule has 1 amide bonds. The van der Waals surface area contributed by atoms with Crippen LogP contribution in [0.15, 0.2) is 41.5 Å². The summed E-state index contributed by atoms with van der Waals surface area (Å²) in [6.45, 7) is -0.500. The molecule has 0 aliphatic heterocycles. The number of nitrogens with zero attached hydrogens (tertiary/aromatic N) is 2. The van der Waals surface area contributed by atoms with E-state index < -0.39 is 22.5 Å². The summed E-state index contributed by atoms with van der Waals surface area (Å²) in [7, 11) is -0.922. The first kappa shape index (κ1) is 22.8. The van der Waals surface area contributed by atoms with Crippen molar-refractivity contribution in [2.75, 3.05) is 31.3 Å². The van der Waals surface area contributed by atoms with Crippen molar-refractivity contribution >= 4 is 51.0 Å². The van der Waals surface area contributed by atoms with Gasteiger partial charge in [0.05, 0.1) is 42.4 Å². The number of nitrogens with one attached hydrogen (secondary N) is 1. The van der Waals surface area contributed by atoms with Crippen LogP contribution >= 0.6 is 23.2 Å². The maximum Gasteiger partial charge on any atom is 0.260 e. The van der Waals surface area contributed by atoms with Gasteiger partial charge in [-0.25, -0.2) is 13.8 Å². The van der Waals surface area contributed by atoms with Crippen LogP contribution in [-0.2, 0) is 14.8 Å². The topological polar surface area (TPSA) is 97.3 Å². The van der Waals surface area contributed by atoms with Crippen molar-refractivity contribution in [3.63, 3.8) is 0 Å². The van der Waals surface area contributed by atoms with Crippen LogP contribution in [0.2, 0.25) is 10.0 Å². The summed E-state index contributed by atoms with van der Waals surface area (Å²) >= 11 is 11.8. The number of methoxy groups -OCH3 is 2. The molecule has 0 spiro atoms. The molecule has 29 heavy (non-hydrogen) atoms. The first-order valence-corrected chi connectivity index (χ1v) is 10.7. The lowest BCUT2D eigenvalue weighted by Crippen LogP contribution is -2.39. The average molecular weight is 460 g/mol. The number of amides is 1. The minimum Gasteiger partial charge on any atom is -0.497 e. The largest absolute Gasteiger partial charge is 0.497 e. The molecule has 0 radical (unpaired) electrons. The molecular weight excluding hydrogens is 441 g/mol. The molecule has 156 valence electrons. The number of halogens is 2. The first-order valence-electron chi connectivity index (χ1n) is 8.12. The van der Waals surface area contributed by atoms with E-state index in [0.717, 1.165) is 10.6 Å². The highest BCUT2D eigenvalue weighted by molar-refractivity contribution is 7.92. The van der Waals surface area contributed by atoms with Gasteiger partial charge in [-0.2, -0.15) is 5.10 Å². The van der Waals surface area contributed by atoms with Gasteiger partial charge in [-0.3, -0.25) is 9.10 Å². The molecule has 0 aliphatic rings. The van der Waals surface area contributed by atoms with E-state index in [9.17, 15) is 13.2 Å². The Bertz CT molecular complexity index is 1030. The third kappa shape index (κ3) is 6.25. The highest BCUT2D eigenvalue weighted by atomic mass is 35.5. The molecule has 11 heteroatoms. The zero-order chi connectivity index (χ0) is 21.6. The number of carbonyl (C=O) groups excluding carboxylic acids is 1. The summed E-state index contributed by atoms with van der Waals surface area (Å²) in [6, 6.07) is 9.41. The zero-order valence-electron chi connectivity index (χ0n) is 15.8. The van der Waals surface area contributed by atoms with E-state index in [0.29, 0.717) is 21.4 Å². The third-order valence-corrected chi connectivity index (χ3v) is 5.56. The summed E-state index contributed by atoms with van der Waals surface area (Å²) < 4.78 is 35.7. The molecular formula is C18H19Cl2N3O5S. The average Bonchev–Trinajstić information content (AvgIpc) is 2.67. The van der Waals surface area contributed by atoms with Gasteiger partial charge in [-0.1, -0.05) is 29.3 Å². The Labute approximate surface area is 179 Å². The van der Waals surface area contributed by atoms with Crippen LogP contribution in [0.5, 0.6) is 11.5 Å². The Morgan fingerprint density at radius 3 is 2.45 bits per heavy atom. The summed E-state index contributed by atoms with van der Waals surface area (Å²) in [6.07, 6.45) is 2.35. The smallest absolute Gasteiger partial charge is 0.260 e. The van der Waals surface area contributed by atoms with E-state index in [1.807, 2.05) is 0 Å². The molecule has 0 heterocycles. The molecule has 0 fully saturated rings. The minimum absolute atomic E-state index is 0.194. The molecule has 0 bridgehead atoms. The number of hydrogen-bond donors (Lipinski definition) is 1. The highest BCUT2D eigenvalue weighted by Crippen LogP contribution is 2.33. The lowest BCUT2D eigenvalue weighted by Gasteiger charge is -2.23. The van der Waals surface area contributed by atoms with E-state index in [4.69, 9.17) is 32.7 Å². The maximum atomic E-state index is 12.3. The second kappa shape index (κ2) is 9.82. The quantitative estimate of drug-likeness (QED) is 0.483. The number of carbonyl (C=O) groups is 1. The third-order valence-electron chi connectivity index (χ3n) is 3.69. The highest BCUT2D eigenvalue weighted by Gasteiger charge is 2.24. The molecule has 0 aromatic heterocycles. The molecule has 0 saturated carbocycles. The molecule has 0 aliphatic carbocycles. The van der Waals surface area contributed by atoms with Crippen molar-refractivity contribution in [1.82, 2.24) is 5.43 Å². The van der Waals surface area contributed by atoms with Gasteiger partial charge >= 0.3 is 0 Å². The van der Waals surface area contributed by atoms with Crippen LogP contribution in [-0.4, -0.2) is 47.6 Å². The van der Waals surface area contributed by atoms with Crippen molar-refractivity contribution in [2.24, 2.45) is 5.10 Å². The van der Waals surface area contributed by atoms with E-state index in [-0.39, 0.29) is 11.4 Å². The van der Waals surface area contributed by atoms with Crippen LogP contribution < -0.4 is 19.2 Å². The van der Waals surface area contributed by atoms with Crippen molar-refractivity contribution in [3.8, 4) is 11.5 Å². The molecule has 1 N–H and O–H groups in total. The predicted molar refractivity (Wildman–Crippen MR) is 114 cm³/mol. The van der Waals surface area contributed by atoms with Gasteiger partial charge in [0.25, 0.3) is 5.91 Å². The number of sulfonamides is 1. The van der Waals surface area contributed by atoms with Gasteiger partial charge in [-0.15, -0.1) is 0 Å². The van der Waals surface area contributed by atoms with Gasteiger partial charge in [0.2, 0.25) is 10.0 Å². The fraction of sp³-hybridized carbons (Fsp3) is 0.222. The zero-order valence-corrected chi connectivity index (χ0v) is 18.2. The summed E-state index contributed by atoms with van der Waals surface area (Å²) in [5.74, 6) is 0.0706. The van der Waals surface area contributed by atoms with Crippen LogP contribution in [0.4, 0.5) is 5.69 Å². The predicted octanol–water partition coefficient (Wildman–Crippen LogP) is 2.93. The number of ether oxygens (including phenoxy) is 2. The number of hydrogen-bond acceptors (Lipinski definition) is 6. The second-order valence-corrected chi connectivity index (χ2v) is 8.50. The van der Waals surface area contributed by atoms with Crippen LogP contribution in [0.25, 0.3) is 0 Å². The molecule has 2 aromatic rings. The second-order valence-electron chi connectivity index (χ2n) is 5.77. The van der Waals surface area contributed by atoms with Gasteiger partial charge < -0.3 is 9.47 Å². The summed E-state index contributed by atoms with van der Waals surface area (Å²) in [5.41, 5.74) is 3.08. The van der Waals surface area contributed by atoms with Crippen LogP contribution in [0.1, 0.15) is 5.56 Å². The Morgan fingerprint density at radius 1 is 1.14 bits per heavy atom. The lowest BCUT2D eigenvalue weighted by molar-refractivity contribution is -0.119. The fourth-order valence-electron chi connectivity index (χ4n) is 2.31. The monoisotopic (exact) mass is 459 g/mol. The summed E-state index contributed by atoms with van der Waals surface area (Å²) in [5, 5.41) is 4.55. The van der Waals surface area contributed by atoms with E-state index >= 15 is 0 Å². The number of benzene rings is 2. The summed E-state index contributed by atoms with van der Waals surface area (Å²) in [4.78, 5) is 12.3. The van der Waals surface area contributed by atoms with Crippen LogP contribution in [0.3, 0.4) is 0 Å². The van der Waals surface area contributed by atoms with Crippen molar-refractivity contribution in [2.45, 2.75) is 0 Å². The van der Waals surface area contributed by atoms with E-state index in [2.05, 4.69) is 10.5 Å². The van der Waals surface area contributed by atoms with Gasteiger partial charge in [-0.05, 0) is 29.8 Å². The Hall–Kier alpha value is -2.49. The van der Waals surface area contributed by atoms with Gasteiger partial charge in [0, 0.05) is 6.07 Å². The Kier molecular flexibility index (Phi) is 7.72. The molecule has 0 saturated heterocycles. The minimum atomic E-state index is -3.79. The number of anilines is 1. The standard InChI is InChI=1S/C18H19Cl2N3O5S/c1-27-13-5-7-16(17(9-13)28-2)23(29(3,25)26)11-18(24)22-21-10-12-4-6-14(19)15(20)8-12/h4-10H,11H2,1-3H3,(H,22,24)/b21-10-. The molecule has 2 rings (SSSR count). The normalized spacial score (nSPS) is 11.3. The maximum absolute atomic E-state index is 12.3. The van der Waals surface area contributed by atoms with E-state index in [1.54, 1.807) is 24.3 Å². The first-order chi connectivity index (χ1) is 13.7. The Morgan fingerprint density at radius 2 is 1.86 bits per heavy atom. The fourth-order valence-corrected chi connectivity index (χ4v) is 3.48. The number of hydrazone groups is 1. The lowest BCUT2D eigenvalue weighted by atomic mass is 10.2. The van der Waals surface area contributed by atoms with E-state index in [1.165, 1.54) is 32.6 Å². The SMILES string of the molecule is COc1ccc(N(CC(=O)N/N=C\c2ccc(Cl)c(Cl)c2)S(C)(=O)=O)c(OC)c1. The molecule has 8 nitrogen and oxygen atoms in total. The van der Waals surface area contributed by atoms with Crippen molar-refractivity contribution in [1.29, 1.82) is 0 Å². The number of rotatable bonds is 8. The van der Waals surface area contributed by atoms with Crippen molar-refractivity contribution in [3.05, 3.63) is 52.0 Å². The van der Waals surface area contributed by atoms with Crippen molar-refractivity contribution < 1.29 is 22.7 Å². The molecule has 0 atom stereocenters. The molecule has 0 unspecified atom stereocenters. The van der Waals surface area contributed by atoms with Crippen LogP contribution in [0, 0.1) is 0 Å². The van der Waals surface area contributed by atoms with Gasteiger partial charge in [0.15, 0.2) is 0 Å².